The summed E-state index contributed by atoms with van der Waals surface area (Å²) in [5.74, 6) is 0.612. The minimum atomic E-state index is -0.0827. The number of carbonyl (C=O) groups is 1. The summed E-state index contributed by atoms with van der Waals surface area (Å²) in [6, 6.07) is 17.5. The molecule has 0 aliphatic heterocycles. The van der Waals surface area contributed by atoms with Crippen LogP contribution >= 0.6 is 0 Å². The van der Waals surface area contributed by atoms with Crippen molar-refractivity contribution in [2.45, 2.75) is 19.3 Å². The molecule has 0 aromatic heterocycles. The van der Waals surface area contributed by atoms with Gasteiger partial charge >= 0.3 is 0 Å². The van der Waals surface area contributed by atoms with Gasteiger partial charge in [0.1, 0.15) is 0 Å². The van der Waals surface area contributed by atoms with Gasteiger partial charge in [0.2, 0.25) is 0 Å². The van der Waals surface area contributed by atoms with Crippen LogP contribution in [0.15, 0.2) is 59.6 Å². The highest BCUT2D eigenvalue weighted by molar-refractivity contribution is 5.94. The first kappa shape index (κ1) is 21.4. The van der Waals surface area contributed by atoms with Crippen LogP contribution < -0.4 is 16.0 Å². The molecule has 1 atom stereocenters. The first-order valence-corrected chi connectivity index (χ1v) is 9.67. The molecule has 0 radical (unpaired) electrons. The second kappa shape index (κ2) is 11.8. The van der Waals surface area contributed by atoms with Crippen LogP contribution in [0.4, 0.5) is 0 Å². The predicted octanol–water partition coefficient (Wildman–Crippen LogP) is 1.92. The van der Waals surface area contributed by atoms with Gasteiger partial charge < -0.3 is 21.1 Å². The van der Waals surface area contributed by atoms with Gasteiger partial charge in [0.05, 0.1) is 13.2 Å². The lowest BCUT2D eigenvalue weighted by Crippen LogP contribution is -2.38. The highest BCUT2D eigenvalue weighted by Crippen LogP contribution is 2.14. The molecule has 2 aromatic carbocycles. The molecule has 4 N–H and O–H groups in total. The molecule has 1 unspecified atom stereocenters. The fraction of sp³-hybridized carbons (Fsp3) is 0.364. The highest BCUT2D eigenvalue weighted by atomic mass is 16.3. The summed E-state index contributed by atoms with van der Waals surface area (Å²) in [7, 11) is 1.63. The van der Waals surface area contributed by atoms with Crippen LogP contribution in [0.1, 0.15) is 34.3 Å². The average Bonchev–Trinajstić information content (AvgIpc) is 2.74. The first-order chi connectivity index (χ1) is 13.7. The Balaban J connectivity index is 1.93. The molecule has 0 heterocycles. The molecule has 6 heteroatoms. The smallest absolute Gasteiger partial charge is 0.251 e. The van der Waals surface area contributed by atoms with E-state index in [1.807, 2.05) is 55.5 Å². The molecular weight excluding hydrogens is 352 g/mol. The molecule has 0 aliphatic carbocycles. The molecule has 150 valence electrons. The number of guanidine groups is 1. The van der Waals surface area contributed by atoms with Crippen molar-refractivity contribution in [3.05, 3.63) is 71.3 Å². The predicted molar refractivity (Wildman–Crippen MR) is 114 cm³/mol. The topological polar surface area (TPSA) is 85.8 Å². The van der Waals surface area contributed by atoms with Gasteiger partial charge in [-0.25, -0.2) is 0 Å². The number of amides is 1. The summed E-state index contributed by atoms with van der Waals surface area (Å²) in [6.45, 7) is 4.03. The zero-order chi connectivity index (χ0) is 20.2. The Morgan fingerprint density at radius 1 is 1.11 bits per heavy atom. The molecule has 6 nitrogen and oxygen atoms in total. The first-order valence-electron chi connectivity index (χ1n) is 9.67. The van der Waals surface area contributed by atoms with Crippen LogP contribution in [0.25, 0.3) is 0 Å². The normalized spacial score (nSPS) is 12.3. The third-order valence-electron chi connectivity index (χ3n) is 4.43. The Bertz CT molecular complexity index is 762. The molecule has 28 heavy (non-hydrogen) atoms. The van der Waals surface area contributed by atoms with Gasteiger partial charge in [-0.3, -0.25) is 9.79 Å². The van der Waals surface area contributed by atoms with E-state index < -0.39 is 0 Å². The standard InChI is InChI=1S/C22H30N4O2/c1-3-24-22(26-15-20(16-27)18-9-5-4-6-10-18)25-13-12-17-8-7-11-19(14-17)21(28)23-2/h4-11,14,20,27H,3,12-13,15-16H2,1-2H3,(H,23,28)(H2,24,25,26). The number of nitrogens with one attached hydrogen (secondary N) is 3. The third-order valence-corrected chi connectivity index (χ3v) is 4.43. The van der Waals surface area contributed by atoms with Crippen LogP contribution in [0.3, 0.4) is 0 Å². The fourth-order valence-corrected chi connectivity index (χ4v) is 2.87. The highest BCUT2D eigenvalue weighted by Gasteiger charge is 2.10. The summed E-state index contributed by atoms with van der Waals surface area (Å²) in [5.41, 5.74) is 2.83. The molecule has 0 spiro atoms. The largest absolute Gasteiger partial charge is 0.396 e. The van der Waals surface area contributed by atoms with Gasteiger partial charge in [-0.2, -0.15) is 0 Å². The minimum Gasteiger partial charge on any atom is -0.396 e. The summed E-state index contributed by atoms with van der Waals surface area (Å²) in [4.78, 5) is 16.4. The van der Waals surface area contributed by atoms with Crippen molar-refractivity contribution in [3.8, 4) is 0 Å². The van der Waals surface area contributed by atoms with Crippen molar-refractivity contribution < 1.29 is 9.90 Å². The van der Waals surface area contributed by atoms with E-state index in [9.17, 15) is 9.90 Å². The number of hydrogen-bond acceptors (Lipinski definition) is 3. The summed E-state index contributed by atoms with van der Waals surface area (Å²) in [5, 5.41) is 18.9. The van der Waals surface area contributed by atoms with Crippen LogP contribution in [0.5, 0.6) is 0 Å². The number of aliphatic hydroxyl groups is 1. The van der Waals surface area contributed by atoms with E-state index in [-0.39, 0.29) is 18.4 Å². The van der Waals surface area contributed by atoms with Gasteiger partial charge in [0.25, 0.3) is 5.91 Å². The van der Waals surface area contributed by atoms with E-state index >= 15 is 0 Å². The Morgan fingerprint density at radius 3 is 2.57 bits per heavy atom. The molecule has 1 amide bonds. The van der Waals surface area contributed by atoms with Crippen molar-refractivity contribution in [1.29, 1.82) is 0 Å². The van der Waals surface area contributed by atoms with Crippen molar-refractivity contribution in [3.63, 3.8) is 0 Å². The SMILES string of the molecule is CCNC(=NCC(CO)c1ccccc1)NCCc1cccc(C(=O)NC)c1. The second-order valence-corrected chi connectivity index (χ2v) is 6.47. The van der Waals surface area contributed by atoms with Crippen molar-refractivity contribution >= 4 is 11.9 Å². The number of nitrogens with zero attached hydrogens (tertiary/aromatic N) is 1. The maximum Gasteiger partial charge on any atom is 0.251 e. The maximum atomic E-state index is 11.8. The Hall–Kier alpha value is -2.86. The molecular formula is C22H30N4O2. The van der Waals surface area contributed by atoms with Crippen LogP contribution in [-0.4, -0.2) is 50.3 Å². The second-order valence-electron chi connectivity index (χ2n) is 6.47. The molecule has 0 saturated carbocycles. The van der Waals surface area contributed by atoms with E-state index in [0.717, 1.165) is 30.1 Å². The van der Waals surface area contributed by atoms with E-state index in [2.05, 4.69) is 20.9 Å². The Kier molecular flexibility index (Phi) is 9.01. The van der Waals surface area contributed by atoms with Gasteiger partial charge in [-0.05, 0) is 36.6 Å². The van der Waals surface area contributed by atoms with Crippen molar-refractivity contribution in [1.82, 2.24) is 16.0 Å². The molecule has 0 bridgehead atoms. The zero-order valence-electron chi connectivity index (χ0n) is 16.6. The summed E-state index contributed by atoms with van der Waals surface area (Å²) in [6.07, 6.45) is 0.775. The van der Waals surface area contributed by atoms with Gasteiger partial charge in [0.15, 0.2) is 5.96 Å². The third kappa shape index (κ3) is 6.70. The van der Waals surface area contributed by atoms with Gasteiger partial charge in [-0.1, -0.05) is 42.5 Å². The number of hydrogen-bond donors (Lipinski definition) is 4. The van der Waals surface area contributed by atoms with E-state index in [4.69, 9.17) is 0 Å². The molecule has 2 aromatic rings. The van der Waals surface area contributed by atoms with Gasteiger partial charge in [-0.15, -0.1) is 0 Å². The van der Waals surface area contributed by atoms with E-state index in [0.29, 0.717) is 18.7 Å². The monoisotopic (exact) mass is 382 g/mol. The lowest BCUT2D eigenvalue weighted by molar-refractivity contribution is 0.0963. The quantitative estimate of drug-likeness (QED) is 0.394. The Labute approximate surface area is 167 Å². The average molecular weight is 383 g/mol. The Morgan fingerprint density at radius 2 is 1.89 bits per heavy atom. The number of carbonyl (C=O) groups excluding carboxylic acids is 1. The van der Waals surface area contributed by atoms with Crippen LogP contribution in [0, 0.1) is 0 Å². The lowest BCUT2D eigenvalue weighted by atomic mass is 10.0. The van der Waals surface area contributed by atoms with Crippen molar-refractivity contribution in [2.24, 2.45) is 4.99 Å². The van der Waals surface area contributed by atoms with Crippen molar-refractivity contribution in [2.75, 3.05) is 33.3 Å². The lowest BCUT2D eigenvalue weighted by Gasteiger charge is -2.15. The molecule has 0 saturated heterocycles. The fourth-order valence-electron chi connectivity index (χ4n) is 2.87. The summed E-state index contributed by atoms with van der Waals surface area (Å²) >= 11 is 0. The number of aliphatic hydroxyl groups excluding tert-OH is 1. The number of aliphatic imine (C=N–C) groups is 1. The van der Waals surface area contributed by atoms with Crippen LogP contribution in [-0.2, 0) is 6.42 Å². The maximum absolute atomic E-state index is 11.8. The molecule has 2 rings (SSSR count). The minimum absolute atomic E-state index is 0.0270. The number of benzene rings is 2. The summed E-state index contributed by atoms with van der Waals surface area (Å²) < 4.78 is 0. The van der Waals surface area contributed by atoms with Crippen LogP contribution in [0.2, 0.25) is 0 Å². The zero-order valence-corrected chi connectivity index (χ0v) is 16.6. The molecule has 0 fully saturated rings. The van der Waals surface area contributed by atoms with E-state index in [1.54, 1.807) is 13.1 Å². The molecule has 0 aliphatic rings. The van der Waals surface area contributed by atoms with Gasteiger partial charge in [0, 0.05) is 31.6 Å². The number of rotatable bonds is 9. The van der Waals surface area contributed by atoms with E-state index in [1.165, 1.54) is 0 Å².